The third-order valence-electron chi connectivity index (χ3n) is 5.27. The van der Waals surface area contributed by atoms with Crippen LogP contribution in [0.25, 0.3) is 0 Å². The monoisotopic (exact) mass is 340 g/mol. The van der Waals surface area contributed by atoms with Crippen LogP contribution in [0.3, 0.4) is 0 Å². The zero-order valence-corrected chi connectivity index (χ0v) is 16.5. The molecule has 0 aromatic rings. The summed E-state index contributed by atoms with van der Waals surface area (Å²) in [4.78, 5) is 0. The second-order valence-electron chi connectivity index (χ2n) is 7.41. The van der Waals surface area contributed by atoms with Crippen LogP contribution >= 0.6 is 0 Å². The molecule has 0 radical (unpaired) electrons. The number of rotatable bonds is 15. The van der Waals surface area contributed by atoms with Crippen LogP contribution in [-0.2, 0) is 0 Å². The van der Waals surface area contributed by atoms with Crippen molar-refractivity contribution < 1.29 is 0 Å². The van der Waals surface area contributed by atoms with Crippen LogP contribution in [0, 0.1) is 5.92 Å². The fourth-order valence-corrected chi connectivity index (χ4v) is 3.62. The highest BCUT2D eigenvalue weighted by atomic mass is 14.9. The minimum Gasteiger partial charge on any atom is -0.317 e. The molecule has 4 heteroatoms. The highest BCUT2D eigenvalue weighted by Gasteiger charge is 2.17. The molecule has 1 unspecified atom stereocenters. The van der Waals surface area contributed by atoms with Gasteiger partial charge in [0, 0.05) is 6.04 Å². The molecule has 1 aliphatic carbocycles. The van der Waals surface area contributed by atoms with Crippen LogP contribution < -0.4 is 21.3 Å². The Morgan fingerprint density at radius 2 is 1.21 bits per heavy atom. The molecule has 0 bridgehead atoms. The predicted molar refractivity (Wildman–Crippen MR) is 107 cm³/mol. The van der Waals surface area contributed by atoms with Crippen LogP contribution in [0.4, 0.5) is 0 Å². The largest absolute Gasteiger partial charge is 0.317 e. The Balaban J connectivity index is 1.80. The Labute approximate surface area is 151 Å². The first kappa shape index (κ1) is 21.9. The molecule has 4 N–H and O–H groups in total. The lowest BCUT2D eigenvalue weighted by Gasteiger charge is -2.23. The van der Waals surface area contributed by atoms with Gasteiger partial charge in [-0.2, -0.15) is 0 Å². The van der Waals surface area contributed by atoms with Crippen LogP contribution in [0.15, 0.2) is 0 Å². The molecular formula is C20H44N4. The first-order valence-corrected chi connectivity index (χ1v) is 10.7. The molecule has 0 saturated heterocycles. The van der Waals surface area contributed by atoms with Gasteiger partial charge in [-0.05, 0) is 90.8 Å². The van der Waals surface area contributed by atoms with Gasteiger partial charge in [-0.15, -0.1) is 0 Å². The Morgan fingerprint density at radius 3 is 1.75 bits per heavy atom. The number of nitrogens with one attached hydrogen (secondary N) is 4. The average molecular weight is 341 g/mol. The maximum atomic E-state index is 3.76. The van der Waals surface area contributed by atoms with E-state index in [-0.39, 0.29) is 0 Å². The Hall–Kier alpha value is -0.160. The van der Waals surface area contributed by atoms with Crippen molar-refractivity contribution in [3.8, 4) is 0 Å². The van der Waals surface area contributed by atoms with Crippen LogP contribution in [0.2, 0.25) is 0 Å². The quantitative estimate of drug-likeness (QED) is 0.273. The maximum absolute atomic E-state index is 3.76. The van der Waals surface area contributed by atoms with Crippen molar-refractivity contribution in [1.29, 1.82) is 0 Å². The molecule has 1 atom stereocenters. The van der Waals surface area contributed by atoms with E-state index < -0.39 is 0 Å². The van der Waals surface area contributed by atoms with Gasteiger partial charge in [-0.25, -0.2) is 0 Å². The number of hydrogen-bond donors (Lipinski definition) is 4. The molecule has 0 spiro atoms. The molecule has 0 amide bonds. The molecular weight excluding hydrogens is 296 g/mol. The first-order chi connectivity index (χ1) is 11.8. The Bertz CT molecular complexity index is 252. The molecule has 0 heterocycles. The van der Waals surface area contributed by atoms with Gasteiger partial charge in [-0.3, -0.25) is 0 Å². The molecule has 1 rings (SSSR count). The molecule has 1 fully saturated rings. The lowest BCUT2D eigenvalue weighted by Crippen LogP contribution is -2.35. The van der Waals surface area contributed by atoms with E-state index in [1.807, 2.05) is 0 Å². The van der Waals surface area contributed by atoms with Crippen molar-refractivity contribution in [3.05, 3.63) is 0 Å². The minimum absolute atomic E-state index is 0.703. The van der Waals surface area contributed by atoms with Crippen molar-refractivity contribution in [2.75, 3.05) is 45.8 Å². The van der Waals surface area contributed by atoms with Crippen molar-refractivity contribution in [2.24, 2.45) is 5.92 Å². The molecule has 144 valence electrons. The lowest BCUT2D eigenvalue weighted by molar-refractivity contribution is 0.336. The molecule has 24 heavy (non-hydrogen) atoms. The first-order valence-electron chi connectivity index (χ1n) is 10.7. The highest BCUT2D eigenvalue weighted by molar-refractivity contribution is 4.74. The summed E-state index contributed by atoms with van der Waals surface area (Å²) in [5.74, 6) is 0.916. The zero-order valence-electron chi connectivity index (χ0n) is 16.5. The molecule has 4 nitrogen and oxygen atoms in total. The van der Waals surface area contributed by atoms with Crippen LogP contribution in [0.1, 0.15) is 71.6 Å². The fraction of sp³-hybridized carbons (Fsp3) is 1.00. The van der Waals surface area contributed by atoms with Crippen molar-refractivity contribution in [1.82, 2.24) is 21.3 Å². The van der Waals surface area contributed by atoms with E-state index in [0.717, 1.165) is 51.7 Å². The second-order valence-corrected chi connectivity index (χ2v) is 7.41. The van der Waals surface area contributed by atoms with Gasteiger partial charge < -0.3 is 21.3 Å². The minimum atomic E-state index is 0.703. The third kappa shape index (κ3) is 12.2. The Morgan fingerprint density at radius 1 is 0.708 bits per heavy atom. The normalized spacial score (nSPS) is 17.8. The summed E-state index contributed by atoms with van der Waals surface area (Å²) >= 11 is 0. The summed E-state index contributed by atoms with van der Waals surface area (Å²) in [7, 11) is 0. The van der Waals surface area contributed by atoms with E-state index in [2.05, 4.69) is 35.1 Å². The lowest BCUT2D eigenvalue weighted by atomic mass is 9.93. The van der Waals surface area contributed by atoms with Crippen LogP contribution in [-0.4, -0.2) is 51.9 Å². The van der Waals surface area contributed by atoms with E-state index in [9.17, 15) is 0 Å². The van der Waals surface area contributed by atoms with Gasteiger partial charge in [-0.1, -0.05) is 32.6 Å². The van der Waals surface area contributed by atoms with Gasteiger partial charge in [0.15, 0.2) is 0 Å². The van der Waals surface area contributed by atoms with E-state index in [1.54, 1.807) is 0 Å². The summed E-state index contributed by atoms with van der Waals surface area (Å²) in [6.45, 7) is 12.5. The average Bonchev–Trinajstić information content (AvgIpc) is 2.88. The summed E-state index contributed by atoms with van der Waals surface area (Å²) in [6.07, 6.45) is 12.4. The predicted octanol–water partition coefficient (Wildman–Crippen LogP) is 2.89. The van der Waals surface area contributed by atoms with E-state index in [0.29, 0.717) is 6.04 Å². The SMILES string of the molecule is CCNCCCNCCCNCCCNC(C)C1CCCCCC1. The van der Waals surface area contributed by atoms with Gasteiger partial charge in [0.1, 0.15) is 0 Å². The molecule has 0 aromatic carbocycles. The standard InChI is InChI=1S/C20H44N4/c1-3-21-13-8-14-22-15-9-16-23-17-10-18-24-19(2)20-11-6-4-5-7-12-20/h19-24H,3-18H2,1-2H3. The molecule has 1 saturated carbocycles. The molecule has 0 aliphatic heterocycles. The fourth-order valence-electron chi connectivity index (χ4n) is 3.62. The van der Waals surface area contributed by atoms with Gasteiger partial charge >= 0.3 is 0 Å². The smallest absolute Gasteiger partial charge is 0.00670 e. The van der Waals surface area contributed by atoms with E-state index in [1.165, 1.54) is 57.8 Å². The third-order valence-corrected chi connectivity index (χ3v) is 5.27. The van der Waals surface area contributed by atoms with Crippen LogP contribution in [0.5, 0.6) is 0 Å². The summed E-state index contributed by atoms with van der Waals surface area (Å²) in [5, 5.41) is 14.2. The Kier molecular flexibility index (Phi) is 14.9. The molecule has 0 aromatic heterocycles. The van der Waals surface area contributed by atoms with E-state index >= 15 is 0 Å². The maximum Gasteiger partial charge on any atom is 0.00670 e. The topological polar surface area (TPSA) is 48.1 Å². The van der Waals surface area contributed by atoms with Crippen molar-refractivity contribution in [3.63, 3.8) is 0 Å². The highest BCUT2D eigenvalue weighted by Crippen LogP contribution is 2.25. The van der Waals surface area contributed by atoms with Crippen molar-refractivity contribution >= 4 is 0 Å². The van der Waals surface area contributed by atoms with Gasteiger partial charge in [0.25, 0.3) is 0 Å². The zero-order chi connectivity index (χ0) is 17.3. The van der Waals surface area contributed by atoms with Gasteiger partial charge in [0.2, 0.25) is 0 Å². The summed E-state index contributed by atoms with van der Waals surface area (Å²) in [5.41, 5.74) is 0. The number of hydrogen-bond acceptors (Lipinski definition) is 4. The van der Waals surface area contributed by atoms with Crippen molar-refractivity contribution in [2.45, 2.75) is 77.7 Å². The van der Waals surface area contributed by atoms with Gasteiger partial charge in [0.05, 0.1) is 0 Å². The second kappa shape index (κ2) is 16.3. The summed E-state index contributed by atoms with van der Waals surface area (Å²) in [6, 6.07) is 0.703. The van der Waals surface area contributed by atoms with E-state index in [4.69, 9.17) is 0 Å². The summed E-state index contributed by atoms with van der Waals surface area (Å²) < 4.78 is 0. The molecule has 1 aliphatic rings.